The first-order chi connectivity index (χ1) is 6.87. The number of allylic oxidation sites excluding steroid dienone is 1. The van der Waals surface area contributed by atoms with E-state index >= 15 is 0 Å². The maximum Gasteiger partial charge on any atom is 0.330 e. The summed E-state index contributed by atoms with van der Waals surface area (Å²) in [5.41, 5.74) is 0.806. The van der Waals surface area contributed by atoms with Crippen molar-refractivity contribution >= 4 is 5.97 Å². The zero-order valence-corrected chi connectivity index (χ0v) is 10.5. The molecular weight excluding hydrogens is 190 g/mol. The van der Waals surface area contributed by atoms with E-state index in [9.17, 15) is 4.79 Å². The van der Waals surface area contributed by atoms with Crippen molar-refractivity contribution in [1.29, 1.82) is 0 Å². The fourth-order valence-corrected chi connectivity index (χ4v) is 1.04. The minimum absolute atomic E-state index is 0.152. The maximum atomic E-state index is 11.2. The van der Waals surface area contributed by atoms with Crippen molar-refractivity contribution in [2.75, 3.05) is 13.2 Å². The van der Waals surface area contributed by atoms with Gasteiger partial charge >= 0.3 is 5.97 Å². The predicted molar refractivity (Wildman–Crippen MR) is 62.8 cm³/mol. The predicted octanol–water partition coefficient (Wildman–Crippen LogP) is 2.27. The quantitative estimate of drug-likeness (QED) is 0.543. The molecular formula is C12H23NO2. The highest BCUT2D eigenvalue weighted by Crippen LogP contribution is 2.03. The molecule has 0 bridgehead atoms. The minimum Gasteiger partial charge on any atom is -0.461 e. The second kappa shape index (κ2) is 6.62. The molecule has 0 spiro atoms. The topological polar surface area (TPSA) is 38.3 Å². The number of nitrogens with one attached hydrogen (secondary N) is 1. The van der Waals surface area contributed by atoms with Gasteiger partial charge in [-0.15, -0.1) is 0 Å². The summed E-state index contributed by atoms with van der Waals surface area (Å²) in [5, 5.41) is 3.32. The Kier molecular flexibility index (Phi) is 6.25. The summed E-state index contributed by atoms with van der Waals surface area (Å²) in [6.45, 7) is 11.3. The molecule has 0 rings (SSSR count). The smallest absolute Gasteiger partial charge is 0.330 e. The largest absolute Gasteiger partial charge is 0.461 e. The molecule has 0 radical (unpaired) electrons. The van der Waals surface area contributed by atoms with E-state index in [4.69, 9.17) is 4.74 Å². The average Bonchev–Trinajstić information content (AvgIpc) is 2.11. The normalized spacial score (nSPS) is 11.0. The highest BCUT2D eigenvalue weighted by atomic mass is 16.5. The van der Waals surface area contributed by atoms with Gasteiger partial charge in [0.05, 0.1) is 0 Å². The number of hydrogen-bond donors (Lipinski definition) is 1. The highest BCUT2D eigenvalue weighted by molar-refractivity contribution is 5.82. The van der Waals surface area contributed by atoms with Crippen molar-refractivity contribution in [2.45, 2.75) is 46.6 Å². The van der Waals surface area contributed by atoms with E-state index in [0.717, 1.165) is 18.5 Å². The van der Waals surface area contributed by atoms with Gasteiger partial charge in [-0.3, -0.25) is 0 Å². The van der Waals surface area contributed by atoms with Crippen LogP contribution >= 0.6 is 0 Å². The van der Waals surface area contributed by atoms with E-state index in [1.165, 1.54) is 6.08 Å². The Morgan fingerprint density at radius 2 is 2.00 bits per heavy atom. The minimum atomic E-state index is -0.263. The summed E-state index contributed by atoms with van der Waals surface area (Å²) in [6.07, 6.45) is 2.58. The van der Waals surface area contributed by atoms with Gasteiger partial charge in [0.2, 0.25) is 0 Å². The number of carbonyl (C=O) groups excluding carboxylic acids is 1. The van der Waals surface area contributed by atoms with Crippen LogP contribution in [0.25, 0.3) is 0 Å². The monoisotopic (exact) mass is 213 g/mol. The van der Waals surface area contributed by atoms with Crippen LogP contribution in [0.1, 0.15) is 41.0 Å². The molecule has 0 aliphatic heterocycles. The molecule has 0 saturated carbocycles. The standard InChI is InChI=1S/C12H23NO2/c1-6-7-13-12(4,5)9-15-11(14)8-10(2)3/h8,13H,6-7,9H2,1-5H3. The van der Waals surface area contributed by atoms with E-state index in [1.807, 2.05) is 27.7 Å². The second-order valence-corrected chi connectivity index (χ2v) is 4.64. The second-order valence-electron chi connectivity index (χ2n) is 4.64. The fourth-order valence-electron chi connectivity index (χ4n) is 1.04. The van der Waals surface area contributed by atoms with Crippen LogP contribution in [-0.2, 0) is 9.53 Å². The summed E-state index contributed by atoms with van der Waals surface area (Å²) >= 11 is 0. The number of carbonyl (C=O) groups is 1. The zero-order chi connectivity index (χ0) is 11.9. The number of ether oxygens (including phenoxy) is 1. The van der Waals surface area contributed by atoms with Crippen LogP contribution in [0.4, 0.5) is 0 Å². The summed E-state index contributed by atoms with van der Waals surface area (Å²) in [4.78, 5) is 11.2. The third-order valence-corrected chi connectivity index (χ3v) is 1.84. The van der Waals surface area contributed by atoms with Crippen molar-refractivity contribution in [3.8, 4) is 0 Å². The Labute approximate surface area is 92.9 Å². The van der Waals surface area contributed by atoms with Crippen LogP contribution in [0.5, 0.6) is 0 Å². The van der Waals surface area contributed by atoms with Gasteiger partial charge in [-0.1, -0.05) is 12.5 Å². The van der Waals surface area contributed by atoms with Crippen molar-refractivity contribution in [3.63, 3.8) is 0 Å². The Morgan fingerprint density at radius 1 is 1.40 bits per heavy atom. The molecule has 0 unspecified atom stereocenters. The molecule has 0 atom stereocenters. The van der Waals surface area contributed by atoms with E-state index in [0.29, 0.717) is 6.61 Å². The van der Waals surface area contributed by atoms with Crippen LogP contribution in [0.2, 0.25) is 0 Å². The van der Waals surface area contributed by atoms with Gasteiger partial charge < -0.3 is 10.1 Å². The van der Waals surface area contributed by atoms with Crippen LogP contribution in [0.15, 0.2) is 11.6 Å². The summed E-state index contributed by atoms with van der Waals surface area (Å²) in [7, 11) is 0. The number of hydrogen-bond acceptors (Lipinski definition) is 3. The molecule has 0 aliphatic carbocycles. The molecule has 0 fully saturated rings. The molecule has 0 aromatic heterocycles. The maximum absolute atomic E-state index is 11.2. The molecule has 3 heteroatoms. The third kappa shape index (κ3) is 8.18. The molecule has 0 amide bonds. The first kappa shape index (κ1) is 14.2. The lowest BCUT2D eigenvalue weighted by Crippen LogP contribution is -2.44. The average molecular weight is 213 g/mol. The van der Waals surface area contributed by atoms with Crippen LogP contribution in [0.3, 0.4) is 0 Å². The lowest BCUT2D eigenvalue weighted by atomic mass is 10.1. The van der Waals surface area contributed by atoms with E-state index < -0.39 is 0 Å². The van der Waals surface area contributed by atoms with Gasteiger partial charge in [-0.2, -0.15) is 0 Å². The Bertz CT molecular complexity index is 228. The molecule has 0 aliphatic rings. The lowest BCUT2D eigenvalue weighted by molar-refractivity contribution is -0.139. The first-order valence-corrected chi connectivity index (χ1v) is 5.44. The van der Waals surface area contributed by atoms with E-state index in [-0.39, 0.29) is 11.5 Å². The molecule has 1 N–H and O–H groups in total. The van der Waals surface area contributed by atoms with Crippen molar-refractivity contribution in [2.24, 2.45) is 0 Å². The van der Waals surface area contributed by atoms with E-state index in [1.54, 1.807) is 0 Å². The Balaban J connectivity index is 3.92. The van der Waals surface area contributed by atoms with E-state index in [2.05, 4.69) is 12.2 Å². The summed E-state index contributed by atoms with van der Waals surface area (Å²) in [5.74, 6) is -0.263. The Hall–Kier alpha value is -0.830. The van der Waals surface area contributed by atoms with Crippen LogP contribution < -0.4 is 5.32 Å². The van der Waals surface area contributed by atoms with Gasteiger partial charge in [0, 0.05) is 11.6 Å². The summed E-state index contributed by atoms with van der Waals surface area (Å²) in [6, 6.07) is 0. The first-order valence-electron chi connectivity index (χ1n) is 5.44. The van der Waals surface area contributed by atoms with Crippen LogP contribution in [0, 0.1) is 0 Å². The van der Waals surface area contributed by atoms with Crippen LogP contribution in [-0.4, -0.2) is 24.7 Å². The van der Waals surface area contributed by atoms with Gasteiger partial charge in [0.25, 0.3) is 0 Å². The lowest BCUT2D eigenvalue weighted by Gasteiger charge is -2.25. The van der Waals surface area contributed by atoms with Gasteiger partial charge in [-0.05, 0) is 40.7 Å². The fraction of sp³-hybridized carbons (Fsp3) is 0.750. The molecule has 0 aromatic rings. The van der Waals surface area contributed by atoms with Gasteiger partial charge in [-0.25, -0.2) is 4.79 Å². The molecule has 88 valence electrons. The van der Waals surface area contributed by atoms with Crippen molar-refractivity contribution in [3.05, 3.63) is 11.6 Å². The Morgan fingerprint density at radius 3 is 2.47 bits per heavy atom. The molecule has 0 aromatic carbocycles. The van der Waals surface area contributed by atoms with Crippen molar-refractivity contribution < 1.29 is 9.53 Å². The third-order valence-electron chi connectivity index (χ3n) is 1.84. The van der Waals surface area contributed by atoms with Gasteiger partial charge in [0.15, 0.2) is 0 Å². The molecule has 3 nitrogen and oxygen atoms in total. The summed E-state index contributed by atoms with van der Waals surface area (Å²) < 4.78 is 5.14. The zero-order valence-electron chi connectivity index (χ0n) is 10.5. The molecule has 0 saturated heterocycles. The SMILES string of the molecule is CCCNC(C)(C)COC(=O)C=C(C)C. The van der Waals surface area contributed by atoms with Gasteiger partial charge in [0.1, 0.15) is 6.61 Å². The van der Waals surface area contributed by atoms with Crippen molar-refractivity contribution in [1.82, 2.24) is 5.32 Å². The molecule has 0 heterocycles. The number of rotatable bonds is 6. The highest BCUT2D eigenvalue weighted by Gasteiger charge is 2.18. The molecule has 15 heavy (non-hydrogen) atoms. The number of esters is 1.